The number of likely N-dealkylation sites (tertiary alicyclic amines) is 1. The molecule has 1 aromatic carbocycles. The van der Waals surface area contributed by atoms with Crippen LogP contribution in [0, 0.1) is 0 Å². The second kappa shape index (κ2) is 7.27. The topological polar surface area (TPSA) is 62.4 Å². The van der Waals surface area contributed by atoms with Gasteiger partial charge >= 0.3 is 0 Å². The van der Waals surface area contributed by atoms with Crippen LogP contribution in [0.2, 0.25) is 0 Å². The summed E-state index contributed by atoms with van der Waals surface area (Å²) >= 11 is 5.04. The van der Waals surface area contributed by atoms with Gasteiger partial charge in [-0.15, -0.1) is 11.3 Å². The Morgan fingerprint density at radius 2 is 2.00 bits per heavy atom. The molecule has 0 radical (unpaired) electrons. The summed E-state index contributed by atoms with van der Waals surface area (Å²) in [6.45, 7) is 2.71. The Morgan fingerprint density at radius 3 is 2.68 bits per heavy atom. The van der Waals surface area contributed by atoms with Gasteiger partial charge in [-0.3, -0.25) is 4.90 Å². The Labute approximate surface area is 158 Å². The number of aromatic nitrogens is 2. The molecule has 1 N–H and O–H groups in total. The molecule has 5 nitrogen and oxygen atoms in total. The van der Waals surface area contributed by atoms with Gasteiger partial charge in [0.05, 0.1) is 11.4 Å². The number of phenolic OH excluding ortho intramolecular Hbond substituents is 1. The van der Waals surface area contributed by atoms with Crippen molar-refractivity contribution in [3.8, 4) is 16.5 Å². The highest BCUT2D eigenvalue weighted by Gasteiger charge is 2.22. The molecule has 0 bridgehead atoms. The third kappa shape index (κ3) is 3.94. The molecule has 0 saturated carbocycles. The Morgan fingerprint density at radius 1 is 1.24 bits per heavy atom. The van der Waals surface area contributed by atoms with E-state index in [4.69, 9.17) is 4.52 Å². The van der Waals surface area contributed by atoms with Gasteiger partial charge in [0, 0.05) is 9.85 Å². The number of rotatable bonds is 4. The molecule has 1 aliphatic rings. The molecule has 7 heteroatoms. The molecule has 3 heterocycles. The van der Waals surface area contributed by atoms with Gasteiger partial charge in [0.2, 0.25) is 11.7 Å². The molecular weight excluding hydrogens is 402 g/mol. The van der Waals surface area contributed by atoms with Crippen LogP contribution in [0.4, 0.5) is 0 Å². The van der Waals surface area contributed by atoms with Crippen LogP contribution in [0.1, 0.15) is 30.2 Å². The Hall–Kier alpha value is -1.70. The first-order chi connectivity index (χ1) is 12.2. The molecule has 1 aliphatic heterocycles. The lowest BCUT2D eigenvalue weighted by atomic mass is 9.89. The Balaban J connectivity index is 1.34. The van der Waals surface area contributed by atoms with E-state index in [1.54, 1.807) is 23.5 Å². The molecule has 25 heavy (non-hydrogen) atoms. The number of thiophene rings is 1. The number of aromatic hydroxyl groups is 1. The third-order valence-electron chi connectivity index (χ3n) is 4.57. The van der Waals surface area contributed by atoms with E-state index in [0.29, 0.717) is 29.9 Å². The molecule has 130 valence electrons. The molecule has 0 amide bonds. The second-order valence-electron chi connectivity index (χ2n) is 6.28. The molecule has 0 atom stereocenters. The zero-order valence-corrected chi connectivity index (χ0v) is 16.0. The van der Waals surface area contributed by atoms with E-state index < -0.39 is 0 Å². The minimum absolute atomic E-state index is 0.325. The van der Waals surface area contributed by atoms with Gasteiger partial charge in [-0.05, 0) is 71.5 Å². The number of nitrogens with zero attached hydrogens (tertiary/aromatic N) is 3. The van der Waals surface area contributed by atoms with E-state index in [0.717, 1.165) is 35.3 Å². The van der Waals surface area contributed by atoms with Crippen molar-refractivity contribution in [2.45, 2.75) is 25.3 Å². The third-order valence-corrected chi connectivity index (χ3v) is 6.25. The maximum Gasteiger partial charge on any atom is 0.241 e. The second-order valence-corrected chi connectivity index (χ2v) is 8.11. The molecule has 0 spiro atoms. The van der Waals surface area contributed by atoms with E-state index in [2.05, 4.69) is 31.0 Å². The van der Waals surface area contributed by atoms with Crippen molar-refractivity contribution < 1.29 is 9.63 Å². The van der Waals surface area contributed by atoms with E-state index in [-0.39, 0.29) is 0 Å². The highest BCUT2D eigenvalue weighted by Crippen LogP contribution is 2.30. The minimum atomic E-state index is 0.325. The van der Waals surface area contributed by atoms with Crippen LogP contribution < -0.4 is 0 Å². The molecule has 2 aromatic heterocycles. The fraction of sp³-hybridized carbons (Fsp3) is 0.333. The number of piperidine rings is 1. The van der Waals surface area contributed by atoms with Gasteiger partial charge in [0.15, 0.2) is 0 Å². The summed E-state index contributed by atoms with van der Waals surface area (Å²) in [6, 6.07) is 9.59. The van der Waals surface area contributed by atoms with Crippen molar-refractivity contribution in [1.82, 2.24) is 15.0 Å². The van der Waals surface area contributed by atoms with Crippen molar-refractivity contribution in [3.63, 3.8) is 0 Å². The summed E-state index contributed by atoms with van der Waals surface area (Å²) in [6.07, 6.45) is 2.20. The lowest BCUT2D eigenvalue weighted by Gasteiger charge is -2.31. The molecule has 3 aromatic rings. The van der Waals surface area contributed by atoms with Crippen molar-refractivity contribution in [1.29, 1.82) is 0 Å². The van der Waals surface area contributed by atoms with Gasteiger partial charge in [-0.1, -0.05) is 17.3 Å². The van der Waals surface area contributed by atoms with Gasteiger partial charge in [-0.2, -0.15) is 4.98 Å². The standard InChI is InChI=1S/C18H18BrN3O2S/c19-14-9-16(25-11-14)18-20-17(24-21-18)10-22-7-5-13(6-8-22)12-1-3-15(23)4-2-12/h1-4,9,11,13,23H,5-8,10H2. The quantitative estimate of drug-likeness (QED) is 0.666. The average Bonchev–Trinajstić information content (AvgIpc) is 3.25. The number of halogens is 1. The summed E-state index contributed by atoms with van der Waals surface area (Å²) in [5.74, 6) is 2.21. The average molecular weight is 420 g/mol. The van der Waals surface area contributed by atoms with Gasteiger partial charge < -0.3 is 9.63 Å². The smallest absolute Gasteiger partial charge is 0.241 e. The van der Waals surface area contributed by atoms with Crippen LogP contribution in [0.15, 0.2) is 44.7 Å². The zero-order valence-electron chi connectivity index (χ0n) is 13.6. The maximum atomic E-state index is 9.41. The van der Waals surface area contributed by atoms with Crippen LogP contribution in [0.25, 0.3) is 10.7 Å². The minimum Gasteiger partial charge on any atom is -0.508 e. The summed E-state index contributed by atoms with van der Waals surface area (Å²) in [7, 11) is 0. The number of hydrogen-bond donors (Lipinski definition) is 1. The highest BCUT2D eigenvalue weighted by atomic mass is 79.9. The first-order valence-corrected chi connectivity index (χ1v) is 9.93. The van der Waals surface area contributed by atoms with Gasteiger partial charge in [-0.25, -0.2) is 0 Å². The zero-order chi connectivity index (χ0) is 17.2. The fourth-order valence-corrected chi connectivity index (χ4v) is 4.56. The molecule has 4 rings (SSSR count). The van der Waals surface area contributed by atoms with Crippen molar-refractivity contribution in [2.24, 2.45) is 0 Å². The molecule has 0 unspecified atom stereocenters. The number of hydrogen-bond acceptors (Lipinski definition) is 6. The number of phenols is 1. The molecule has 0 aliphatic carbocycles. The van der Waals surface area contributed by atoms with E-state index in [9.17, 15) is 5.11 Å². The lowest BCUT2D eigenvalue weighted by Crippen LogP contribution is -2.32. The largest absolute Gasteiger partial charge is 0.508 e. The highest BCUT2D eigenvalue weighted by molar-refractivity contribution is 9.10. The molecule has 1 fully saturated rings. The van der Waals surface area contributed by atoms with Crippen molar-refractivity contribution in [2.75, 3.05) is 13.1 Å². The normalized spacial score (nSPS) is 16.4. The summed E-state index contributed by atoms with van der Waals surface area (Å²) in [4.78, 5) is 7.88. The number of benzene rings is 1. The van der Waals surface area contributed by atoms with Crippen LogP contribution in [0.3, 0.4) is 0 Å². The monoisotopic (exact) mass is 419 g/mol. The van der Waals surface area contributed by atoms with Gasteiger partial charge in [0.1, 0.15) is 5.75 Å². The first-order valence-electron chi connectivity index (χ1n) is 8.25. The fourth-order valence-electron chi connectivity index (χ4n) is 3.21. The van der Waals surface area contributed by atoms with Crippen LogP contribution in [-0.2, 0) is 6.54 Å². The first kappa shape index (κ1) is 16.8. The van der Waals surface area contributed by atoms with E-state index in [1.807, 2.05) is 23.6 Å². The Kier molecular flexibility index (Phi) is 4.87. The van der Waals surface area contributed by atoms with E-state index in [1.165, 1.54) is 5.56 Å². The maximum absolute atomic E-state index is 9.41. The Bertz CT molecular complexity index is 838. The molecule has 1 saturated heterocycles. The predicted molar refractivity (Wildman–Crippen MR) is 101 cm³/mol. The van der Waals surface area contributed by atoms with E-state index >= 15 is 0 Å². The summed E-state index contributed by atoms with van der Waals surface area (Å²) in [5.41, 5.74) is 1.31. The van der Waals surface area contributed by atoms with Crippen LogP contribution in [0.5, 0.6) is 5.75 Å². The lowest BCUT2D eigenvalue weighted by molar-refractivity contribution is 0.181. The van der Waals surface area contributed by atoms with Crippen LogP contribution >= 0.6 is 27.3 Å². The molecular formula is C18H18BrN3O2S. The van der Waals surface area contributed by atoms with Crippen molar-refractivity contribution >= 4 is 27.3 Å². The van der Waals surface area contributed by atoms with Crippen LogP contribution in [-0.4, -0.2) is 33.2 Å². The van der Waals surface area contributed by atoms with Crippen molar-refractivity contribution in [3.05, 3.63) is 51.6 Å². The predicted octanol–water partition coefficient (Wildman–Crippen LogP) is 4.65. The van der Waals surface area contributed by atoms with Gasteiger partial charge in [0.25, 0.3) is 0 Å². The summed E-state index contributed by atoms with van der Waals surface area (Å²) < 4.78 is 6.45. The summed E-state index contributed by atoms with van der Waals surface area (Å²) in [5, 5.41) is 15.5. The SMILES string of the molecule is Oc1ccc(C2CCN(Cc3nc(-c4cc(Br)cs4)no3)CC2)cc1.